The Bertz CT molecular complexity index is 363. The molecule has 2 nitrogen and oxygen atoms in total. The zero-order chi connectivity index (χ0) is 10.9. The number of hydrogen-bond acceptors (Lipinski definition) is 3. The van der Waals surface area contributed by atoms with Crippen LogP contribution in [0.3, 0.4) is 0 Å². The maximum atomic E-state index is 11.9. The first-order chi connectivity index (χ1) is 7.15. The Hall–Kier alpha value is -0.190. The highest BCUT2D eigenvalue weighted by atomic mass is 79.9. The van der Waals surface area contributed by atoms with Gasteiger partial charge in [0.25, 0.3) is 0 Å². The summed E-state index contributed by atoms with van der Waals surface area (Å²) < 4.78 is 6.45. The molecule has 0 aliphatic heterocycles. The Balaban J connectivity index is 2.03. The second-order valence-corrected chi connectivity index (χ2v) is 6.41. The first kappa shape index (κ1) is 11.3. The molecular formula is C11H13BrO2S. The molecule has 1 aliphatic rings. The van der Waals surface area contributed by atoms with Gasteiger partial charge < -0.3 is 4.74 Å². The van der Waals surface area contributed by atoms with E-state index in [0.717, 1.165) is 21.5 Å². The quantitative estimate of drug-likeness (QED) is 0.791. The van der Waals surface area contributed by atoms with E-state index in [0.29, 0.717) is 6.42 Å². The summed E-state index contributed by atoms with van der Waals surface area (Å²) in [6.45, 7) is 0. The van der Waals surface area contributed by atoms with Crippen LogP contribution in [0.2, 0.25) is 0 Å². The fourth-order valence-electron chi connectivity index (χ4n) is 1.87. The molecule has 0 aromatic carbocycles. The first-order valence-corrected chi connectivity index (χ1v) is 6.60. The molecule has 82 valence electrons. The maximum Gasteiger partial charge on any atom is 0.175 e. The van der Waals surface area contributed by atoms with E-state index >= 15 is 0 Å². The van der Waals surface area contributed by atoms with Crippen LogP contribution < -0.4 is 0 Å². The summed E-state index contributed by atoms with van der Waals surface area (Å²) in [5, 5.41) is 0. The smallest absolute Gasteiger partial charge is 0.175 e. The predicted molar refractivity (Wildman–Crippen MR) is 64.6 cm³/mol. The van der Waals surface area contributed by atoms with E-state index in [9.17, 15) is 4.79 Å². The topological polar surface area (TPSA) is 26.3 Å². The Morgan fingerprint density at radius 2 is 2.33 bits per heavy atom. The molecule has 1 heterocycles. The van der Waals surface area contributed by atoms with Gasteiger partial charge in [-0.05, 0) is 47.3 Å². The number of Topliss-reactive ketones (excluding diaryl/α,β-unsaturated/α-hetero) is 1. The Morgan fingerprint density at radius 3 is 2.73 bits per heavy atom. The van der Waals surface area contributed by atoms with Crippen LogP contribution in [0.25, 0.3) is 0 Å². The van der Waals surface area contributed by atoms with Crippen molar-refractivity contribution in [1.82, 2.24) is 0 Å². The summed E-state index contributed by atoms with van der Waals surface area (Å²) in [5.41, 5.74) is -0.159. The van der Waals surface area contributed by atoms with E-state index in [1.807, 2.05) is 12.1 Å². The van der Waals surface area contributed by atoms with Crippen molar-refractivity contribution in [2.24, 2.45) is 0 Å². The summed E-state index contributed by atoms with van der Waals surface area (Å²) in [6.07, 6.45) is 3.73. The summed E-state index contributed by atoms with van der Waals surface area (Å²) >= 11 is 4.86. The molecule has 0 spiro atoms. The second kappa shape index (κ2) is 4.36. The molecule has 4 heteroatoms. The van der Waals surface area contributed by atoms with Crippen molar-refractivity contribution in [3.8, 4) is 0 Å². The third kappa shape index (κ3) is 2.32. The number of carbonyl (C=O) groups is 1. The number of methoxy groups -OCH3 is 1. The van der Waals surface area contributed by atoms with Crippen LogP contribution >= 0.6 is 27.3 Å². The molecule has 0 atom stereocenters. The highest BCUT2D eigenvalue weighted by Gasteiger charge is 2.39. The van der Waals surface area contributed by atoms with Crippen LogP contribution in [0.1, 0.15) is 35.4 Å². The largest absolute Gasteiger partial charge is 0.378 e. The van der Waals surface area contributed by atoms with Gasteiger partial charge in [-0.25, -0.2) is 0 Å². The van der Waals surface area contributed by atoms with E-state index in [2.05, 4.69) is 15.9 Å². The summed E-state index contributed by atoms with van der Waals surface area (Å²) in [4.78, 5) is 12.8. The number of ketones is 1. The van der Waals surface area contributed by atoms with Crippen LogP contribution in [0, 0.1) is 0 Å². The first-order valence-electron chi connectivity index (χ1n) is 4.99. The van der Waals surface area contributed by atoms with Crippen LogP contribution in [0.15, 0.2) is 15.9 Å². The second-order valence-electron chi connectivity index (χ2n) is 3.94. The summed E-state index contributed by atoms with van der Waals surface area (Å²) in [6, 6.07) is 3.79. The van der Waals surface area contributed by atoms with Gasteiger partial charge in [0.2, 0.25) is 0 Å². The summed E-state index contributed by atoms with van der Waals surface area (Å²) in [7, 11) is 1.71. The number of halogens is 1. The highest BCUT2D eigenvalue weighted by Crippen LogP contribution is 2.39. The van der Waals surface area contributed by atoms with Gasteiger partial charge in [0, 0.05) is 13.5 Å². The molecule has 0 bridgehead atoms. The van der Waals surface area contributed by atoms with Gasteiger partial charge in [-0.3, -0.25) is 4.79 Å². The number of carbonyl (C=O) groups excluding carboxylic acids is 1. The standard InChI is InChI=1S/C11H13BrO2S/c1-14-11(5-2-6-11)7-8(13)9-3-4-10(12)15-9/h3-4H,2,5-7H2,1H3. The van der Waals surface area contributed by atoms with Crippen LogP contribution in [-0.4, -0.2) is 18.5 Å². The van der Waals surface area contributed by atoms with Crippen molar-refractivity contribution >= 4 is 33.0 Å². The van der Waals surface area contributed by atoms with Gasteiger partial charge in [0.15, 0.2) is 5.78 Å². The van der Waals surface area contributed by atoms with Crippen molar-refractivity contribution in [3.63, 3.8) is 0 Å². The zero-order valence-electron chi connectivity index (χ0n) is 8.59. The lowest BCUT2D eigenvalue weighted by atomic mass is 9.76. The molecule has 0 saturated heterocycles. The Labute approximate surface area is 102 Å². The lowest BCUT2D eigenvalue weighted by Gasteiger charge is -2.39. The fourth-order valence-corrected chi connectivity index (χ4v) is 3.19. The normalized spacial score (nSPS) is 18.5. The molecule has 1 fully saturated rings. The minimum atomic E-state index is -0.159. The van der Waals surface area contributed by atoms with E-state index in [-0.39, 0.29) is 11.4 Å². The van der Waals surface area contributed by atoms with Gasteiger partial charge in [0.1, 0.15) is 0 Å². The van der Waals surface area contributed by atoms with Crippen molar-refractivity contribution in [1.29, 1.82) is 0 Å². The van der Waals surface area contributed by atoms with Crippen molar-refractivity contribution in [3.05, 3.63) is 20.8 Å². The van der Waals surface area contributed by atoms with Crippen LogP contribution in [-0.2, 0) is 4.74 Å². The molecule has 0 N–H and O–H groups in total. The third-order valence-corrected chi connectivity index (χ3v) is 4.69. The molecule has 1 saturated carbocycles. The van der Waals surface area contributed by atoms with Gasteiger partial charge >= 0.3 is 0 Å². The molecule has 0 radical (unpaired) electrons. The van der Waals surface area contributed by atoms with Gasteiger partial charge in [-0.2, -0.15) is 0 Å². The van der Waals surface area contributed by atoms with Gasteiger partial charge in [-0.1, -0.05) is 0 Å². The molecule has 0 unspecified atom stereocenters. The Kier molecular flexibility index (Phi) is 3.28. The predicted octanol–water partition coefficient (Wildman–Crippen LogP) is 3.65. The molecule has 15 heavy (non-hydrogen) atoms. The SMILES string of the molecule is COC1(CC(=O)c2ccc(Br)s2)CCC1. The zero-order valence-corrected chi connectivity index (χ0v) is 11.0. The number of ether oxygens (including phenoxy) is 1. The van der Waals surface area contributed by atoms with E-state index in [1.54, 1.807) is 7.11 Å². The minimum absolute atomic E-state index is 0.159. The average Bonchev–Trinajstić information content (AvgIpc) is 2.58. The molecule has 1 aliphatic carbocycles. The van der Waals surface area contributed by atoms with Crippen molar-refractivity contribution in [2.45, 2.75) is 31.3 Å². The van der Waals surface area contributed by atoms with E-state index < -0.39 is 0 Å². The van der Waals surface area contributed by atoms with E-state index in [1.165, 1.54) is 17.8 Å². The lowest BCUT2D eigenvalue weighted by Crippen LogP contribution is -2.41. The number of hydrogen-bond donors (Lipinski definition) is 0. The van der Waals surface area contributed by atoms with Gasteiger partial charge in [0.05, 0.1) is 14.3 Å². The summed E-state index contributed by atoms with van der Waals surface area (Å²) in [5.74, 6) is 0.201. The Morgan fingerprint density at radius 1 is 1.60 bits per heavy atom. The average molecular weight is 289 g/mol. The van der Waals surface area contributed by atoms with E-state index in [4.69, 9.17) is 4.74 Å². The van der Waals surface area contributed by atoms with Crippen LogP contribution in [0.4, 0.5) is 0 Å². The maximum absolute atomic E-state index is 11.9. The molecule has 1 aromatic rings. The molecular weight excluding hydrogens is 276 g/mol. The fraction of sp³-hybridized carbons (Fsp3) is 0.545. The molecule has 0 amide bonds. The number of rotatable bonds is 4. The highest BCUT2D eigenvalue weighted by molar-refractivity contribution is 9.11. The lowest BCUT2D eigenvalue weighted by molar-refractivity contribution is -0.0704. The molecule has 2 rings (SSSR count). The van der Waals surface area contributed by atoms with Crippen LogP contribution in [0.5, 0.6) is 0 Å². The number of thiophene rings is 1. The van der Waals surface area contributed by atoms with Crippen molar-refractivity contribution in [2.75, 3.05) is 7.11 Å². The van der Waals surface area contributed by atoms with Crippen molar-refractivity contribution < 1.29 is 9.53 Å². The van der Waals surface area contributed by atoms with Gasteiger partial charge in [-0.15, -0.1) is 11.3 Å². The monoisotopic (exact) mass is 288 g/mol. The third-order valence-electron chi connectivity index (χ3n) is 3.03. The minimum Gasteiger partial charge on any atom is -0.378 e. The molecule has 1 aromatic heterocycles.